The highest BCUT2D eigenvalue weighted by Gasteiger charge is 2.28. The molecule has 6 nitrogen and oxygen atoms in total. The van der Waals surface area contributed by atoms with Crippen molar-refractivity contribution in [2.45, 2.75) is 19.6 Å². The molecule has 3 rings (SSSR count). The molecule has 0 atom stereocenters. The van der Waals surface area contributed by atoms with Crippen molar-refractivity contribution in [3.63, 3.8) is 0 Å². The molecule has 0 radical (unpaired) electrons. The quantitative estimate of drug-likeness (QED) is 0.789. The Morgan fingerprint density at radius 2 is 2.04 bits per heavy atom. The molecule has 1 fully saturated rings. The van der Waals surface area contributed by atoms with Crippen LogP contribution >= 0.6 is 12.2 Å². The van der Waals surface area contributed by atoms with E-state index in [0.717, 1.165) is 0 Å². The fourth-order valence-corrected chi connectivity index (χ4v) is 2.56. The van der Waals surface area contributed by atoms with Crippen LogP contribution in [0.5, 0.6) is 5.75 Å². The third-order valence-corrected chi connectivity index (χ3v) is 4.16. The van der Waals surface area contributed by atoms with Gasteiger partial charge in [-0.2, -0.15) is 0 Å². The summed E-state index contributed by atoms with van der Waals surface area (Å²) in [6.07, 6.45) is -0.0398. The lowest BCUT2D eigenvalue weighted by atomic mass is 10.1. The van der Waals surface area contributed by atoms with E-state index in [2.05, 4.69) is 0 Å². The fourth-order valence-electron chi connectivity index (χ4n) is 2.47. The predicted octanol–water partition coefficient (Wildman–Crippen LogP) is 2.63. The van der Waals surface area contributed by atoms with Gasteiger partial charge in [0.1, 0.15) is 17.1 Å². The van der Waals surface area contributed by atoms with Crippen molar-refractivity contribution in [2.75, 3.05) is 27.3 Å². The molecule has 0 spiro atoms. The maximum Gasteiger partial charge on any atom is 0.264 e. The van der Waals surface area contributed by atoms with Crippen LogP contribution in [-0.2, 0) is 15.9 Å². The average Bonchev–Trinajstić information content (AvgIpc) is 3.08. The van der Waals surface area contributed by atoms with E-state index < -0.39 is 6.29 Å². The molecule has 24 heavy (non-hydrogen) atoms. The zero-order valence-corrected chi connectivity index (χ0v) is 14.6. The van der Waals surface area contributed by atoms with Gasteiger partial charge in [-0.25, -0.2) is 0 Å². The first-order valence-corrected chi connectivity index (χ1v) is 8.14. The van der Waals surface area contributed by atoms with Gasteiger partial charge in [0.2, 0.25) is 0 Å². The van der Waals surface area contributed by atoms with Crippen LogP contribution in [0.4, 0.5) is 0 Å². The van der Waals surface area contributed by atoms with Gasteiger partial charge in [-0.15, -0.1) is 0 Å². The minimum Gasteiger partial charge on any atom is -0.460 e. The summed E-state index contributed by atoms with van der Waals surface area (Å²) in [5, 5.41) is 0.756. The first-order valence-electron chi connectivity index (χ1n) is 7.73. The molecular formula is C17H19NO5S. The Morgan fingerprint density at radius 3 is 2.67 bits per heavy atom. The lowest BCUT2D eigenvalue weighted by Crippen LogP contribution is -2.25. The average molecular weight is 349 g/mol. The van der Waals surface area contributed by atoms with Crippen LogP contribution in [0.25, 0.3) is 11.0 Å². The van der Waals surface area contributed by atoms with Crippen LogP contribution in [-0.4, -0.2) is 37.4 Å². The smallest absolute Gasteiger partial charge is 0.264 e. The number of hydrogen-bond donors (Lipinski definition) is 0. The standard InChI is InChI=1S/C17H19NO5S/c1-4-10-9-12(19)11-5-6-13(23-17(24)18(2)3)14(15(11)22-10)16-20-7-8-21-16/h5-6,9,16H,4,7-8H2,1-3H3. The Kier molecular flexibility index (Phi) is 4.84. The summed E-state index contributed by atoms with van der Waals surface area (Å²) in [4.78, 5) is 14.0. The Morgan fingerprint density at radius 1 is 1.33 bits per heavy atom. The molecule has 2 heterocycles. The predicted molar refractivity (Wildman–Crippen MR) is 93.4 cm³/mol. The van der Waals surface area contributed by atoms with Crippen molar-refractivity contribution >= 4 is 28.4 Å². The van der Waals surface area contributed by atoms with Crippen molar-refractivity contribution in [2.24, 2.45) is 0 Å². The van der Waals surface area contributed by atoms with E-state index >= 15 is 0 Å². The summed E-state index contributed by atoms with van der Waals surface area (Å²) in [7, 11) is 3.59. The van der Waals surface area contributed by atoms with E-state index in [0.29, 0.717) is 52.9 Å². The molecule has 0 N–H and O–H groups in total. The number of nitrogens with zero attached hydrogens (tertiary/aromatic N) is 1. The molecule has 1 aliphatic rings. The molecule has 0 aliphatic carbocycles. The van der Waals surface area contributed by atoms with Crippen LogP contribution in [0.2, 0.25) is 0 Å². The van der Waals surface area contributed by atoms with E-state index in [9.17, 15) is 4.79 Å². The van der Waals surface area contributed by atoms with Gasteiger partial charge in [0, 0.05) is 26.6 Å². The Hall–Kier alpha value is -1.96. The first-order chi connectivity index (χ1) is 11.5. The van der Waals surface area contributed by atoms with Gasteiger partial charge in [-0.05, 0) is 24.4 Å². The van der Waals surface area contributed by atoms with Crippen molar-refractivity contribution in [3.8, 4) is 5.75 Å². The maximum atomic E-state index is 12.4. The van der Waals surface area contributed by atoms with Gasteiger partial charge < -0.3 is 23.5 Å². The first kappa shape index (κ1) is 16.9. The van der Waals surface area contributed by atoms with Gasteiger partial charge in [-0.3, -0.25) is 4.79 Å². The molecule has 7 heteroatoms. The number of fused-ring (bicyclic) bond motifs is 1. The summed E-state index contributed by atoms with van der Waals surface area (Å²) in [5.41, 5.74) is 0.876. The second-order valence-electron chi connectivity index (χ2n) is 5.62. The molecule has 1 aromatic carbocycles. The van der Waals surface area contributed by atoms with E-state index in [4.69, 9.17) is 30.8 Å². The second kappa shape index (κ2) is 6.88. The van der Waals surface area contributed by atoms with Crippen LogP contribution in [0.1, 0.15) is 24.5 Å². The van der Waals surface area contributed by atoms with E-state index in [1.807, 2.05) is 6.92 Å². The van der Waals surface area contributed by atoms with Crippen molar-refractivity contribution in [1.29, 1.82) is 0 Å². The van der Waals surface area contributed by atoms with Crippen molar-refractivity contribution < 1.29 is 18.6 Å². The minimum absolute atomic E-state index is 0.103. The largest absolute Gasteiger partial charge is 0.460 e. The zero-order valence-electron chi connectivity index (χ0n) is 13.8. The zero-order chi connectivity index (χ0) is 17.3. The minimum atomic E-state index is -0.649. The van der Waals surface area contributed by atoms with Crippen molar-refractivity contribution in [1.82, 2.24) is 4.90 Å². The molecule has 128 valence electrons. The summed E-state index contributed by atoms with van der Waals surface area (Å²) >= 11 is 5.22. The van der Waals surface area contributed by atoms with Crippen LogP contribution < -0.4 is 10.2 Å². The monoisotopic (exact) mass is 349 g/mol. The number of aryl methyl sites for hydroxylation is 1. The second-order valence-corrected chi connectivity index (χ2v) is 5.97. The fraction of sp³-hybridized carbons (Fsp3) is 0.412. The Labute approximate surface area is 144 Å². The van der Waals surface area contributed by atoms with E-state index in [1.54, 1.807) is 31.1 Å². The summed E-state index contributed by atoms with van der Waals surface area (Å²) in [6.45, 7) is 2.86. The van der Waals surface area contributed by atoms with Gasteiger partial charge in [-0.1, -0.05) is 6.92 Å². The number of ether oxygens (including phenoxy) is 3. The lowest BCUT2D eigenvalue weighted by molar-refractivity contribution is -0.0446. The van der Waals surface area contributed by atoms with Crippen LogP contribution in [0.3, 0.4) is 0 Å². The van der Waals surface area contributed by atoms with Gasteiger partial charge in [0.15, 0.2) is 11.7 Å². The number of thiocarbonyl (C=S) groups is 1. The third-order valence-electron chi connectivity index (χ3n) is 3.72. The summed E-state index contributed by atoms with van der Waals surface area (Å²) in [6, 6.07) is 4.88. The Bertz CT molecular complexity index is 824. The molecule has 1 saturated heterocycles. The molecule has 0 saturated carbocycles. The van der Waals surface area contributed by atoms with Crippen LogP contribution in [0.15, 0.2) is 27.4 Å². The third kappa shape index (κ3) is 3.15. The van der Waals surface area contributed by atoms with E-state index in [1.165, 1.54) is 6.07 Å². The highest BCUT2D eigenvalue weighted by Crippen LogP contribution is 2.37. The lowest BCUT2D eigenvalue weighted by Gasteiger charge is -2.19. The highest BCUT2D eigenvalue weighted by atomic mass is 32.1. The summed E-state index contributed by atoms with van der Waals surface area (Å²) < 4.78 is 22.9. The summed E-state index contributed by atoms with van der Waals surface area (Å²) in [5.74, 6) is 1.06. The maximum absolute atomic E-state index is 12.4. The molecule has 1 aliphatic heterocycles. The van der Waals surface area contributed by atoms with E-state index in [-0.39, 0.29) is 5.43 Å². The molecular weight excluding hydrogens is 330 g/mol. The Balaban J connectivity index is 2.21. The normalized spacial score (nSPS) is 15.0. The highest BCUT2D eigenvalue weighted by molar-refractivity contribution is 7.80. The topological polar surface area (TPSA) is 61.1 Å². The number of rotatable bonds is 3. The number of hydrogen-bond acceptors (Lipinski definition) is 6. The molecule has 0 unspecified atom stereocenters. The SMILES string of the molecule is CCc1cc(=O)c2ccc(OC(=S)N(C)C)c(C3OCCO3)c2o1. The molecule has 2 aromatic rings. The van der Waals surface area contributed by atoms with Crippen molar-refractivity contribution in [3.05, 3.63) is 39.7 Å². The molecule has 1 aromatic heterocycles. The number of benzene rings is 1. The van der Waals surface area contributed by atoms with Gasteiger partial charge in [0.25, 0.3) is 5.17 Å². The molecule has 0 bridgehead atoms. The van der Waals surface area contributed by atoms with Gasteiger partial charge >= 0.3 is 0 Å². The van der Waals surface area contributed by atoms with Gasteiger partial charge in [0.05, 0.1) is 24.2 Å². The van der Waals surface area contributed by atoms with Crippen LogP contribution in [0, 0.1) is 0 Å². The molecule has 0 amide bonds.